The van der Waals surface area contributed by atoms with E-state index >= 15 is 0 Å². The molecule has 0 fully saturated rings. The van der Waals surface area contributed by atoms with E-state index in [1.54, 1.807) is 0 Å². The van der Waals surface area contributed by atoms with Crippen LogP contribution in [-0.2, 0) is 0 Å². The van der Waals surface area contributed by atoms with Crippen molar-refractivity contribution in [2.45, 2.75) is 9.79 Å². The molecule has 1 aliphatic rings. The zero-order valence-corrected chi connectivity index (χ0v) is 29.3. The minimum absolute atomic E-state index is 1.10. The van der Waals surface area contributed by atoms with Crippen molar-refractivity contribution in [2.75, 3.05) is 4.90 Å². The van der Waals surface area contributed by atoms with Crippen LogP contribution in [0.2, 0.25) is 0 Å². The average molecular weight is 695 g/mol. The number of nitrogens with one attached hydrogen (secondary N) is 2. The van der Waals surface area contributed by atoms with Crippen LogP contribution in [0.15, 0.2) is 180 Å². The SMILES string of the molecule is c1ccc2c(c1)[nH]c1cc(N(c3ccc(-c4ccc5c(c4)-n4c6ccccc6c6cccc(c64)S5)cc3)c3ccc4c(c3)[nH]c3ccccc34)ccc12. The number of H-pyrrole nitrogens is 2. The maximum absolute atomic E-state index is 3.67. The van der Waals surface area contributed by atoms with E-state index in [1.807, 2.05) is 11.8 Å². The standard InChI is InChI=1S/C48H30N4S/c1-4-12-40-34(8-1)36-23-21-32(27-42(36)49-40)51(33-22-24-37-35-9-2-5-13-41(35)50-43(37)28-33)31-19-16-29(17-20-31)30-18-25-46-45(26-30)52-44-14-6-3-10-38(44)39-11-7-15-47(53-46)48(39)52/h1-28,49-50H. The number of hydrogen-bond donors (Lipinski definition) is 2. The van der Waals surface area contributed by atoms with Gasteiger partial charge in [0.2, 0.25) is 0 Å². The number of benzene rings is 8. The molecule has 0 saturated carbocycles. The smallest absolute Gasteiger partial charge is 0.0681 e. The summed E-state index contributed by atoms with van der Waals surface area (Å²) < 4.78 is 2.46. The molecule has 2 N–H and O–H groups in total. The summed E-state index contributed by atoms with van der Waals surface area (Å²) in [6.45, 7) is 0. The molecule has 0 saturated heterocycles. The molecule has 0 aliphatic carbocycles. The first-order valence-electron chi connectivity index (χ1n) is 18.0. The number of para-hydroxylation sites is 4. The molecule has 0 bridgehead atoms. The zero-order chi connectivity index (χ0) is 34.6. The van der Waals surface area contributed by atoms with E-state index < -0.39 is 0 Å². The van der Waals surface area contributed by atoms with Crippen molar-refractivity contribution in [3.05, 3.63) is 170 Å². The lowest BCUT2D eigenvalue weighted by Crippen LogP contribution is -2.09. The summed E-state index contributed by atoms with van der Waals surface area (Å²) >= 11 is 1.87. The van der Waals surface area contributed by atoms with Crippen molar-refractivity contribution >= 4 is 94.2 Å². The van der Waals surface area contributed by atoms with Gasteiger partial charge in [0.25, 0.3) is 0 Å². The predicted molar refractivity (Wildman–Crippen MR) is 224 cm³/mol. The van der Waals surface area contributed by atoms with Gasteiger partial charge < -0.3 is 19.4 Å². The fourth-order valence-corrected chi connectivity index (χ4v) is 9.68. The second kappa shape index (κ2) is 10.9. The van der Waals surface area contributed by atoms with Crippen molar-refractivity contribution in [1.29, 1.82) is 0 Å². The third kappa shape index (κ3) is 4.26. The fourth-order valence-electron chi connectivity index (χ4n) is 8.61. The Morgan fingerprint density at radius 2 is 0.962 bits per heavy atom. The quantitative estimate of drug-likeness (QED) is 0.192. The molecule has 0 atom stereocenters. The van der Waals surface area contributed by atoms with Crippen LogP contribution in [0, 0.1) is 0 Å². The van der Waals surface area contributed by atoms with E-state index in [-0.39, 0.29) is 0 Å². The molecule has 5 heteroatoms. The van der Waals surface area contributed by atoms with Crippen LogP contribution in [0.4, 0.5) is 17.1 Å². The molecule has 248 valence electrons. The van der Waals surface area contributed by atoms with Crippen molar-refractivity contribution < 1.29 is 0 Å². The molecule has 0 amide bonds. The highest BCUT2D eigenvalue weighted by molar-refractivity contribution is 7.99. The molecule has 0 unspecified atom stereocenters. The lowest BCUT2D eigenvalue weighted by Gasteiger charge is -2.26. The summed E-state index contributed by atoms with van der Waals surface area (Å²) in [6.07, 6.45) is 0. The number of rotatable bonds is 4. The highest BCUT2D eigenvalue weighted by Crippen LogP contribution is 2.48. The molecule has 3 aromatic heterocycles. The van der Waals surface area contributed by atoms with Crippen LogP contribution in [0.5, 0.6) is 0 Å². The Kier molecular flexibility index (Phi) is 5.96. The molecular weight excluding hydrogens is 665 g/mol. The van der Waals surface area contributed by atoms with Gasteiger partial charge >= 0.3 is 0 Å². The Bertz CT molecular complexity index is 3160. The normalized spacial score (nSPS) is 12.5. The Labute approximate surface area is 308 Å². The molecular formula is C48H30N4S. The van der Waals surface area contributed by atoms with Gasteiger partial charge in [0.05, 0.1) is 16.7 Å². The zero-order valence-electron chi connectivity index (χ0n) is 28.5. The van der Waals surface area contributed by atoms with Gasteiger partial charge in [-0.05, 0) is 83.9 Å². The van der Waals surface area contributed by atoms with E-state index in [0.717, 1.165) is 39.1 Å². The predicted octanol–water partition coefficient (Wildman–Crippen LogP) is 13.7. The summed E-state index contributed by atoms with van der Waals surface area (Å²) in [7, 11) is 0. The lowest BCUT2D eigenvalue weighted by atomic mass is 10.0. The summed E-state index contributed by atoms with van der Waals surface area (Å²) in [5.41, 5.74) is 14.0. The monoisotopic (exact) mass is 694 g/mol. The van der Waals surface area contributed by atoms with Crippen molar-refractivity contribution in [3.63, 3.8) is 0 Å². The van der Waals surface area contributed by atoms with Crippen LogP contribution >= 0.6 is 11.8 Å². The fraction of sp³-hybridized carbons (Fsp3) is 0. The van der Waals surface area contributed by atoms with Crippen molar-refractivity contribution in [3.8, 4) is 16.8 Å². The van der Waals surface area contributed by atoms with Crippen LogP contribution in [0.25, 0.3) is 82.2 Å². The first kappa shape index (κ1) is 28.9. The third-order valence-corrected chi connectivity index (χ3v) is 12.1. The summed E-state index contributed by atoms with van der Waals surface area (Å²) in [4.78, 5) is 12.3. The Morgan fingerprint density at radius 3 is 1.66 bits per heavy atom. The Morgan fingerprint density at radius 1 is 0.396 bits per heavy atom. The number of hydrogen-bond acceptors (Lipinski definition) is 2. The first-order chi connectivity index (χ1) is 26.2. The second-order valence-corrected chi connectivity index (χ2v) is 15.1. The van der Waals surface area contributed by atoms with Crippen LogP contribution in [0.3, 0.4) is 0 Å². The Hall–Kier alpha value is -6.69. The van der Waals surface area contributed by atoms with E-state index in [1.165, 1.54) is 70.0 Å². The molecule has 53 heavy (non-hydrogen) atoms. The topological polar surface area (TPSA) is 39.8 Å². The number of aromatic nitrogens is 3. The van der Waals surface area contributed by atoms with Gasteiger partial charge in [-0.15, -0.1) is 0 Å². The van der Waals surface area contributed by atoms with E-state index in [0.29, 0.717) is 0 Å². The number of aromatic amines is 2. The van der Waals surface area contributed by atoms with E-state index in [9.17, 15) is 0 Å². The highest BCUT2D eigenvalue weighted by Gasteiger charge is 2.23. The highest BCUT2D eigenvalue weighted by atomic mass is 32.2. The van der Waals surface area contributed by atoms with E-state index in [2.05, 4.69) is 189 Å². The second-order valence-electron chi connectivity index (χ2n) is 14.0. The average Bonchev–Trinajstić information content (AvgIpc) is 3.88. The number of nitrogens with zero attached hydrogens (tertiary/aromatic N) is 2. The van der Waals surface area contributed by atoms with Crippen LogP contribution in [-0.4, -0.2) is 14.5 Å². The third-order valence-electron chi connectivity index (χ3n) is 11.0. The summed E-state index contributed by atoms with van der Waals surface area (Å²) in [5.74, 6) is 0. The molecule has 4 nitrogen and oxygen atoms in total. The number of anilines is 3. The van der Waals surface area contributed by atoms with Crippen molar-refractivity contribution in [2.24, 2.45) is 0 Å². The van der Waals surface area contributed by atoms with Crippen LogP contribution in [0.1, 0.15) is 0 Å². The maximum atomic E-state index is 3.67. The van der Waals surface area contributed by atoms with Gasteiger partial charge in [-0.2, -0.15) is 0 Å². The molecule has 0 radical (unpaired) electrons. The molecule has 1 aliphatic heterocycles. The van der Waals surface area contributed by atoms with Gasteiger partial charge in [-0.25, -0.2) is 0 Å². The largest absolute Gasteiger partial charge is 0.354 e. The van der Waals surface area contributed by atoms with Gasteiger partial charge in [0.15, 0.2) is 0 Å². The van der Waals surface area contributed by atoms with Crippen LogP contribution < -0.4 is 4.90 Å². The van der Waals surface area contributed by atoms with E-state index in [4.69, 9.17) is 0 Å². The minimum atomic E-state index is 1.10. The molecule has 4 heterocycles. The van der Waals surface area contributed by atoms with Gasteiger partial charge in [-0.1, -0.05) is 109 Å². The molecule has 12 rings (SSSR count). The van der Waals surface area contributed by atoms with Gasteiger partial charge in [-0.3, -0.25) is 0 Å². The maximum Gasteiger partial charge on any atom is 0.0681 e. The minimum Gasteiger partial charge on any atom is -0.354 e. The van der Waals surface area contributed by atoms with Gasteiger partial charge in [0, 0.05) is 81.2 Å². The lowest BCUT2D eigenvalue weighted by molar-refractivity contribution is 1.09. The Balaban J connectivity index is 0.993. The van der Waals surface area contributed by atoms with Gasteiger partial charge in [0.1, 0.15) is 0 Å². The first-order valence-corrected chi connectivity index (χ1v) is 18.8. The molecule has 11 aromatic rings. The molecule has 0 spiro atoms. The summed E-state index contributed by atoms with van der Waals surface area (Å²) in [6, 6.07) is 62.0. The molecule has 8 aromatic carbocycles. The summed E-state index contributed by atoms with van der Waals surface area (Å²) in [5, 5.41) is 7.54. The van der Waals surface area contributed by atoms with Crippen molar-refractivity contribution in [1.82, 2.24) is 14.5 Å². The number of fused-ring (bicyclic) bond motifs is 11.